The summed E-state index contributed by atoms with van der Waals surface area (Å²) in [4.78, 5) is 1.62. The van der Waals surface area contributed by atoms with E-state index in [1.807, 2.05) is 0 Å². The third-order valence-electron chi connectivity index (χ3n) is 3.10. The van der Waals surface area contributed by atoms with Crippen LogP contribution in [0.25, 0.3) is 0 Å². The second-order valence-electron chi connectivity index (χ2n) is 4.51. The zero-order chi connectivity index (χ0) is 14.6. The van der Waals surface area contributed by atoms with Gasteiger partial charge in [0.25, 0.3) is 0 Å². The van der Waals surface area contributed by atoms with Gasteiger partial charge in [-0.05, 0) is 31.7 Å². The Labute approximate surface area is 111 Å². The number of nitrogens with zero attached hydrogens (tertiary/aromatic N) is 1. The van der Waals surface area contributed by atoms with E-state index in [0.29, 0.717) is 5.69 Å². The van der Waals surface area contributed by atoms with Gasteiger partial charge in [-0.2, -0.15) is 13.2 Å². The summed E-state index contributed by atoms with van der Waals surface area (Å²) in [5.41, 5.74) is 0.00821. The SMILES string of the molecule is CNCc1ccc(N(C)C(C)CO)cc1C(F)(F)F. The van der Waals surface area contributed by atoms with E-state index in [9.17, 15) is 13.2 Å². The molecule has 0 saturated carbocycles. The molecule has 0 heterocycles. The van der Waals surface area contributed by atoms with Crippen molar-refractivity contribution in [2.24, 2.45) is 0 Å². The number of anilines is 1. The summed E-state index contributed by atoms with van der Waals surface area (Å²) in [6, 6.07) is 3.98. The average molecular weight is 276 g/mol. The van der Waals surface area contributed by atoms with Crippen LogP contribution in [0.3, 0.4) is 0 Å². The smallest absolute Gasteiger partial charge is 0.394 e. The van der Waals surface area contributed by atoms with E-state index in [1.165, 1.54) is 6.07 Å². The van der Waals surface area contributed by atoms with Crippen molar-refractivity contribution in [2.45, 2.75) is 25.7 Å². The van der Waals surface area contributed by atoms with Crippen LogP contribution in [-0.4, -0.2) is 31.9 Å². The van der Waals surface area contributed by atoms with Crippen LogP contribution in [0.1, 0.15) is 18.1 Å². The molecular formula is C13H19F3N2O. The van der Waals surface area contributed by atoms with Crippen LogP contribution < -0.4 is 10.2 Å². The van der Waals surface area contributed by atoms with E-state index in [0.717, 1.165) is 6.07 Å². The summed E-state index contributed by atoms with van der Waals surface area (Å²) in [7, 11) is 3.27. The highest BCUT2D eigenvalue weighted by atomic mass is 19.4. The molecule has 0 aromatic heterocycles. The molecule has 0 aliphatic carbocycles. The van der Waals surface area contributed by atoms with Crippen molar-refractivity contribution < 1.29 is 18.3 Å². The molecule has 1 unspecified atom stereocenters. The first-order valence-corrected chi connectivity index (χ1v) is 5.99. The van der Waals surface area contributed by atoms with Crippen molar-refractivity contribution in [2.75, 3.05) is 25.6 Å². The van der Waals surface area contributed by atoms with Crippen molar-refractivity contribution in [1.82, 2.24) is 5.32 Å². The average Bonchev–Trinajstić information content (AvgIpc) is 2.36. The molecule has 0 aliphatic rings. The number of aliphatic hydroxyl groups excluding tert-OH is 1. The first-order chi connectivity index (χ1) is 8.81. The van der Waals surface area contributed by atoms with Gasteiger partial charge in [-0.25, -0.2) is 0 Å². The third-order valence-corrected chi connectivity index (χ3v) is 3.10. The molecule has 0 saturated heterocycles. The fourth-order valence-electron chi connectivity index (χ4n) is 1.77. The van der Waals surface area contributed by atoms with Gasteiger partial charge in [-0.3, -0.25) is 0 Å². The molecule has 1 rings (SSSR count). The molecule has 0 fully saturated rings. The maximum Gasteiger partial charge on any atom is 0.416 e. The van der Waals surface area contributed by atoms with Crippen molar-refractivity contribution in [3.63, 3.8) is 0 Å². The fourth-order valence-corrected chi connectivity index (χ4v) is 1.77. The first kappa shape index (κ1) is 15.8. The molecule has 2 N–H and O–H groups in total. The van der Waals surface area contributed by atoms with Gasteiger partial charge in [-0.1, -0.05) is 6.07 Å². The van der Waals surface area contributed by atoms with Gasteiger partial charge < -0.3 is 15.3 Å². The Hall–Kier alpha value is -1.27. The van der Waals surface area contributed by atoms with Crippen LogP contribution in [0.4, 0.5) is 18.9 Å². The Morgan fingerprint density at radius 3 is 2.47 bits per heavy atom. The molecule has 1 aromatic carbocycles. The molecule has 1 aromatic rings. The Morgan fingerprint density at radius 1 is 1.37 bits per heavy atom. The Kier molecular flexibility index (Phi) is 5.20. The Balaban J connectivity index is 3.18. The molecule has 0 bridgehead atoms. The standard InChI is InChI=1S/C13H19F3N2O/c1-9(8-19)18(3)11-5-4-10(7-17-2)12(6-11)13(14,15)16/h4-6,9,17,19H,7-8H2,1-3H3. The molecule has 6 heteroatoms. The summed E-state index contributed by atoms with van der Waals surface area (Å²) in [5, 5.41) is 11.8. The lowest BCUT2D eigenvalue weighted by Crippen LogP contribution is -2.32. The normalized spacial score (nSPS) is 13.4. The van der Waals surface area contributed by atoms with Crippen molar-refractivity contribution in [3.8, 4) is 0 Å². The summed E-state index contributed by atoms with van der Waals surface area (Å²) >= 11 is 0. The molecule has 1 atom stereocenters. The zero-order valence-electron chi connectivity index (χ0n) is 11.3. The van der Waals surface area contributed by atoms with Gasteiger partial charge in [0.15, 0.2) is 0 Å². The highest BCUT2D eigenvalue weighted by Gasteiger charge is 2.33. The van der Waals surface area contributed by atoms with Crippen LogP contribution in [0.15, 0.2) is 18.2 Å². The summed E-state index contributed by atoms with van der Waals surface area (Å²) in [6.07, 6.45) is -4.38. The molecule has 3 nitrogen and oxygen atoms in total. The number of alkyl halides is 3. The van der Waals surface area contributed by atoms with E-state index in [4.69, 9.17) is 5.11 Å². The van der Waals surface area contributed by atoms with Crippen LogP contribution >= 0.6 is 0 Å². The minimum atomic E-state index is -4.38. The number of rotatable bonds is 5. The number of likely N-dealkylation sites (N-methyl/N-ethyl adjacent to an activating group) is 1. The second-order valence-corrected chi connectivity index (χ2v) is 4.51. The number of halogens is 3. The minimum absolute atomic E-state index is 0.115. The van der Waals surface area contributed by atoms with Gasteiger partial charge in [0.05, 0.1) is 12.2 Å². The largest absolute Gasteiger partial charge is 0.416 e. The van der Waals surface area contributed by atoms with Crippen molar-refractivity contribution >= 4 is 5.69 Å². The number of nitrogens with one attached hydrogen (secondary N) is 1. The molecule has 19 heavy (non-hydrogen) atoms. The Bertz CT molecular complexity index is 421. The molecule has 0 radical (unpaired) electrons. The van der Waals surface area contributed by atoms with Gasteiger partial charge in [0.1, 0.15) is 0 Å². The van der Waals surface area contributed by atoms with Gasteiger partial charge in [0.2, 0.25) is 0 Å². The lowest BCUT2D eigenvalue weighted by atomic mass is 10.0. The molecule has 0 amide bonds. The van der Waals surface area contributed by atoms with Crippen LogP contribution in [0.5, 0.6) is 0 Å². The van der Waals surface area contributed by atoms with E-state index in [2.05, 4.69) is 5.32 Å². The topological polar surface area (TPSA) is 35.5 Å². The minimum Gasteiger partial charge on any atom is -0.394 e. The maximum absolute atomic E-state index is 13.0. The van der Waals surface area contributed by atoms with E-state index >= 15 is 0 Å². The molecule has 0 spiro atoms. The second kappa shape index (κ2) is 6.25. The predicted octanol–water partition coefficient (Wildman–Crippen LogP) is 2.24. The first-order valence-electron chi connectivity index (χ1n) is 5.99. The summed E-state index contributed by atoms with van der Waals surface area (Å²) in [6.45, 7) is 1.79. The number of hydrogen-bond acceptors (Lipinski definition) is 3. The van der Waals surface area contributed by atoms with Gasteiger partial charge in [-0.15, -0.1) is 0 Å². The lowest BCUT2D eigenvalue weighted by molar-refractivity contribution is -0.138. The van der Waals surface area contributed by atoms with E-state index in [-0.39, 0.29) is 24.8 Å². The van der Waals surface area contributed by atoms with Crippen LogP contribution in [0.2, 0.25) is 0 Å². The van der Waals surface area contributed by atoms with Crippen LogP contribution in [-0.2, 0) is 12.7 Å². The Morgan fingerprint density at radius 2 is 2.00 bits per heavy atom. The monoisotopic (exact) mass is 276 g/mol. The van der Waals surface area contributed by atoms with E-state index < -0.39 is 11.7 Å². The maximum atomic E-state index is 13.0. The fraction of sp³-hybridized carbons (Fsp3) is 0.538. The summed E-state index contributed by atoms with van der Waals surface area (Å²) < 4.78 is 39.0. The highest BCUT2D eigenvalue weighted by Crippen LogP contribution is 2.34. The van der Waals surface area contributed by atoms with Gasteiger partial charge >= 0.3 is 6.18 Å². The molecule has 0 aliphatic heterocycles. The summed E-state index contributed by atoms with van der Waals surface area (Å²) in [5.74, 6) is 0. The quantitative estimate of drug-likeness (QED) is 0.866. The van der Waals surface area contributed by atoms with Crippen LogP contribution in [0, 0.1) is 0 Å². The highest BCUT2D eigenvalue weighted by molar-refractivity contribution is 5.52. The number of hydrogen-bond donors (Lipinski definition) is 2. The predicted molar refractivity (Wildman–Crippen MR) is 69.2 cm³/mol. The molecule has 108 valence electrons. The van der Waals surface area contributed by atoms with Crippen molar-refractivity contribution in [3.05, 3.63) is 29.3 Å². The number of benzene rings is 1. The van der Waals surface area contributed by atoms with Crippen molar-refractivity contribution in [1.29, 1.82) is 0 Å². The van der Waals surface area contributed by atoms with E-state index in [1.54, 1.807) is 32.0 Å². The molecular weight excluding hydrogens is 257 g/mol. The van der Waals surface area contributed by atoms with Gasteiger partial charge in [0, 0.05) is 25.3 Å². The zero-order valence-corrected chi connectivity index (χ0v) is 11.3. The number of aliphatic hydroxyl groups is 1. The lowest BCUT2D eigenvalue weighted by Gasteiger charge is -2.26. The third kappa shape index (κ3) is 3.84.